The van der Waals surface area contributed by atoms with E-state index in [0.717, 1.165) is 47.8 Å². The van der Waals surface area contributed by atoms with Gasteiger partial charge >= 0.3 is 6.09 Å². The first-order valence-electron chi connectivity index (χ1n) is 12.2. The molecule has 0 atom stereocenters. The highest BCUT2D eigenvalue weighted by Crippen LogP contribution is 2.29. The Morgan fingerprint density at radius 3 is 2.26 bits per heavy atom. The van der Waals surface area contributed by atoms with E-state index in [2.05, 4.69) is 29.7 Å². The van der Waals surface area contributed by atoms with Crippen molar-refractivity contribution in [1.82, 2.24) is 15.6 Å². The zero-order valence-corrected chi connectivity index (χ0v) is 20.0. The van der Waals surface area contributed by atoms with Gasteiger partial charge in [-0.2, -0.15) is 0 Å². The van der Waals surface area contributed by atoms with Gasteiger partial charge in [0.25, 0.3) is 5.91 Å². The monoisotopic (exact) mass is 459 g/mol. The summed E-state index contributed by atoms with van der Waals surface area (Å²) in [6.07, 6.45) is 3.83. The highest BCUT2D eigenvalue weighted by atomic mass is 16.5. The molecule has 1 heterocycles. The quantitative estimate of drug-likeness (QED) is 0.489. The Labute approximate surface area is 201 Å². The van der Waals surface area contributed by atoms with Crippen molar-refractivity contribution in [2.45, 2.75) is 39.5 Å². The maximum atomic E-state index is 13.2. The molecule has 0 bridgehead atoms. The van der Waals surface area contributed by atoms with Crippen molar-refractivity contribution < 1.29 is 14.3 Å². The number of para-hydroxylation sites is 1. The van der Waals surface area contributed by atoms with Gasteiger partial charge < -0.3 is 15.4 Å². The summed E-state index contributed by atoms with van der Waals surface area (Å²) in [6.45, 7) is 5.56. The first-order valence-corrected chi connectivity index (χ1v) is 12.2. The zero-order valence-electron chi connectivity index (χ0n) is 20.0. The van der Waals surface area contributed by atoms with E-state index in [0.29, 0.717) is 37.1 Å². The van der Waals surface area contributed by atoms with Crippen molar-refractivity contribution in [3.8, 4) is 11.3 Å². The predicted molar refractivity (Wildman–Crippen MR) is 135 cm³/mol. The molecule has 2 aromatic carbocycles. The average Bonchev–Trinajstić information content (AvgIpc) is 2.86. The van der Waals surface area contributed by atoms with Crippen LogP contribution in [-0.2, 0) is 4.74 Å². The zero-order chi connectivity index (χ0) is 23.9. The van der Waals surface area contributed by atoms with Gasteiger partial charge in [-0.25, -0.2) is 9.78 Å². The van der Waals surface area contributed by atoms with Crippen LogP contribution in [0.5, 0.6) is 0 Å². The standard InChI is InChI=1S/C28H33N3O3/c1-3-34-28(33)30-18-21-12-10-20(11-13-21)17-29-27(32)24-16-26(22-14-8-19(2)9-15-22)31-25-7-5-4-6-23(24)25/h4-9,14-16,20-21H,3,10-13,17-18H2,1-2H3,(H,29,32)(H,30,33)/t20-,21-. The number of aryl methyl sites for hydroxylation is 1. The van der Waals surface area contributed by atoms with Crippen molar-refractivity contribution in [2.75, 3.05) is 19.7 Å². The summed E-state index contributed by atoms with van der Waals surface area (Å²) in [5.74, 6) is 0.864. The molecular formula is C28H33N3O3. The topological polar surface area (TPSA) is 80.3 Å². The maximum Gasteiger partial charge on any atom is 0.407 e. The van der Waals surface area contributed by atoms with Crippen LogP contribution in [0.15, 0.2) is 54.6 Å². The van der Waals surface area contributed by atoms with Crippen molar-refractivity contribution >= 4 is 22.9 Å². The molecule has 0 spiro atoms. The van der Waals surface area contributed by atoms with E-state index in [9.17, 15) is 9.59 Å². The molecule has 2 amide bonds. The van der Waals surface area contributed by atoms with E-state index in [1.807, 2.05) is 42.5 Å². The fourth-order valence-corrected chi connectivity index (χ4v) is 4.62. The van der Waals surface area contributed by atoms with Crippen molar-refractivity contribution in [2.24, 2.45) is 11.8 Å². The van der Waals surface area contributed by atoms with Gasteiger partial charge in [-0.15, -0.1) is 0 Å². The fraction of sp³-hybridized carbons (Fsp3) is 0.393. The Hall–Kier alpha value is -3.41. The SMILES string of the molecule is CCOC(=O)NC[C@H]1CC[C@H](CNC(=O)c2cc(-c3ccc(C)cc3)nc3ccccc23)CC1. The Morgan fingerprint density at radius 2 is 1.59 bits per heavy atom. The van der Waals surface area contributed by atoms with Crippen LogP contribution in [0.4, 0.5) is 4.79 Å². The van der Waals surface area contributed by atoms with Crippen LogP contribution in [-0.4, -0.2) is 36.7 Å². The minimum atomic E-state index is -0.341. The number of pyridine rings is 1. The van der Waals surface area contributed by atoms with E-state index in [4.69, 9.17) is 9.72 Å². The number of nitrogens with zero attached hydrogens (tertiary/aromatic N) is 1. The third-order valence-electron chi connectivity index (χ3n) is 6.64. The molecule has 0 radical (unpaired) electrons. The molecule has 1 saturated carbocycles. The molecule has 178 valence electrons. The molecule has 3 aromatic rings. The second kappa shape index (κ2) is 11.1. The molecule has 2 N–H and O–H groups in total. The summed E-state index contributed by atoms with van der Waals surface area (Å²) in [4.78, 5) is 29.5. The first-order chi connectivity index (χ1) is 16.5. The van der Waals surface area contributed by atoms with Gasteiger partial charge in [0.1, 0.15) is 0 Å². The lowest BCUT2D eigenvalue weighted by Gasteiger charge is -2.28. The number of carbonyl (C=O) groups excluding carboxylic acids is 2. The fourth-order valence-electron chi connectivity index (χ4n) is 4.62. The predicted octanol–water partition coefficient (Wildman–Crippen LogP) is 5.49. The van der Waals surface area contributed by atoms with Crippen LogP contribution in [0.25, 0.3) is 22.2 Å². The summed E-state index contributed by atoms with van der Waals surface area (Å²) in [5.41, 5.74) is 4.47. The molecule has 1 fully saturated rings. The Morgan fingerprint density at radius 1 is 0.941 bits per heavy atom. The number of benzene rings is 2. The Kier molecular flexibility index (Phi) is 7.78. The van der Waals surface area contributed by atoms with Gasteiger partial charge in [-0.1, -0.05) is 48.0 Å². The number of ether oxygens (including phenoxy) is 1. The van der Waals surface area contributed by atoms with Crippen molar-refractivity contribution in [1.29, 1.82) is 0 Å². The number of nitrogens with one attached hydrogen (secondary N) is 2. The lowest BCUT2D eigenvalue weighted by atomic mass is 9.82. The number of rotatable bonds is 7. The molecule has 0 unspecified atom stereocenters. The molecule has 1 aromatic heterocycles. The lowest BCUT2D eigenvalue weighted by Crippen LogP contribution is -2.34. The number of hydrogen-bond donors (Lipinski definition) is 2. The summed E-state index contributed by atoms with van der Waals surface area (Å²) < 4.78 is 4.93. The highest BCUT2D eigenvalue weighted by Gasteiger charge is 2.23. The van der Waals surface area contributed by atoms with Crippen LogP contribution >= 0.6 is 0 Å². The molecule has 6 nitrogen and oxygen atoms in total. The Balaban J connectivity index is 1.39. The number of aromatic nitrogens is 1. The van der Waals surface area contributed by atoms with Gasteiger partial charge in [0.2, 0.25) is 0 Å². The molecular weight excluding hydrogens is 426 g/mol. The third kappa shape index (κ3) is 5.93. The molecule has 0 saturated heterocycles. The van der Waals surface area contributed by atoms with Crippen molar-refractivity contribution in [3.05, 3.63) is 65.7 Å². The number of carbonyl (C=O) groups is 2. The lowest BCUT2D eigenvalue weighted by molar-refractivity contribution is 0.0942. The molecule has 34 heavy (non-hydrogen) atoms. The second-order valence-electron chi connectivity index (χ2n) is 9.14. The minimum absolute atomic E-state index is 0.0573. The molecule has 4 rings (SSSR count). The Bertz CT molecular complexity index is 1140. The average molecular weight is 460 g/mol. The van der Waals surface area contributed by atoms with E-state index in [-0.39, 0.29) is 12.0 Å². The normalized spacial score (nSPS) is 17.8. The number of amides is 2. The van der Waals surface area contributed by atoms with Gasteiger partial charge in [-0.05, 0) is 63.5 Å². The van der Waals surface area contributed by atoms with Gasteiger partial charge in [0, 0.05) is 24.0 Å². The van der Waals surface area contributed by atoms with Crippen LogP contribution in [0.2, 0.25) is 0 Å². The van der Waals surface area contributed by atoms with Crippen LogP contribution in [0, 0.1) is 18.8 Å². The number of hydrogen-bond acceptors (Lipinski definition) is 4. The summed E-state index contributed by atoms with van der Waals surface area (Å²) >= 11 is 0. The number of fused-ring (bicyclic) bond motifs is 1. The first kappa shape index (κ1) is 23.7. The van der Waals surface area contributed by atoms with E-state index in [1.165, 1.54) is 5.56 Å². The molecule has 1 aliphatic rings. The van der Waals surface area contributed by atoms with Gasteiger partial charge in [-0.3, -0.25) is 4.79 Å². The maximum absolute atomic E-state index is 13.2. The van der Waals surface area contributed by atoms with E-state index >= 15 is 0 Å². The van der Waals surface area contributed by atoms with Crippen LogP contribution < -0.4 is 10.6 Å². The van der Waals surface area contributed by atoms with Crippen LogP contribution in [0.1, 0.15) is 48.5 Å². The smallest absolute Gasteiger partial charge is 0.407 e. The largest absolute Gasteiger partial charge is 0.450 e. The highest BCUT2D eigenvalue weighted by molar-refractivity contribution is 6.07. The van der Waals surface area contributed by atoms with Crippen molar-refractivity contribution in [3.63, 3.8) is 0 Å². The second-order valence-corrected chi connectivity index (χ2v) is 9.14. The molecule has 6 heteroatoms. The van der Waals surface area contributed by atoms with Gasteiger partial charge in [0.05, 0.1) is 23.4 Å². The van der Waals surface area contributed by atoms with Crippen LogP contribution in [0.3, 0.4) is 0 Å². The van der Waals surface area contributed by atoms with E-state index in [1.54, 1.807) is 6.92 Å². The third-order valence-corrected chi connectivity index (χ3v) is 6.64. The minimum Gasteiger partial charge on any atom is -0.450 e. The summed E-state index contributed by atoms with van der Waals surface area (Å²) in [7, 11) is 0. The molecule has 1 aliphatic carbocycles. The molecule has 0 aliphatic heterocycles. The number of alkyl carbamates (subject to hydrolysis) is 1. The van der Waals surface area contributed by atoms with Gasteiger partial charge in [0.15, 0.2) is 0 Å². The van der Waals surface area contributed by atoms with E-state index < -0.39 is 0 Å². The summed E-state index contributed by atoms with van der Waals surface area (Å²) in [6, 6.07) is 17.9. The summed E-state index contributed by atoms with van der Waals surface area (Å²) in [5, 5.41) is 6.88.